The zero-order chi connectivity index (χ0) is 15.0. The van der Waals surface area contributed by atoms with Crippen LogP contribution in [0.5, 0.6) is 0 Å². The minimum absolute atomic E-state index is 0.00185. The lowest BCUT2D eigenvalue weighted by atomic mass is 10.2. The van der Waals surface area contributed by atoms with Gasteiger partial charge in [-0.25, -0.2) is 8.42 Å². The number of rotatable bonds is 3. The van der Waals surface area contributed by atoms with Crippen molar-refractivity contribution >= 4 is 15.7 Å². The summed E-state index contributed by atoms with van der Waals surface area (Å²) >= 11 is 0. The van der Waals surface area contributed by atoms with Crippen molar-refractivity contribution in [3.63, 3.8) is 0 Å². The third-order valence-electron chi connectivity index (χ3n) is 3.57. The van der Waals surface area contributed by atoms with Gasteiger partial charge in [-0.15, -0.1) is 0 Å². The summed E-state index contributed by atoms with van der Waals surface area (Å²) < 4.78 is 33.2. The predicted octanol–water partition coefficient (Wildman–Crippen LogP) is 1.19. The summed E-state index contributed by atoms with van der Waals surface area (Å²) in [7, 11) is -1.46. The summed E-state index contributed by atoms with van der Waals surface area (Å²) in [6.07, 6.45) is 1.95. The summed E-state index contributed by atoms with van der Waals surface area (Å²) in [5.41, 5.74) is 0.133. The molecule has 0 radical (unpaired) electrons. The molecular weight excluding hydrogens is 296 g/mol. The summed E-state index contributed by atoms with van der Waals surface area (Å²) in [6, 6.07) is 4.57. The number of hydrogen-bond donors (Lipinski definition) is 0. The van der Waals surface area contributed by atoms with Crippen LogP contribution in [-0.2, 0) is 9.84 Å². The molecule has 3 rings (SSSR count). The SMILES string of the molecule is CN(C(=O)c1cc(-c2ccco2)on1)C1CCS(=O)(=O)C1. The highest BCUT2D eigenvalue weighted by Gasteiger charge is 2.34. The highest BCUT2D eigenvalue weighted by atomic mass is 32.2. The first-order chi connectivity index (χ1) is 9.96. The lowest BCUT2D eigenvalue weighted by Gasteiger charge is -2.21. The molecule has 0 N–H and O–H groups in total. The fourth-order valence-corrected chi connectivity index (χ4v) is 4.11. The molecule has 2 aromatic rings. The number of nitrogens with zero attached hydrogens (tertiary/aromatic N) is 2. The maximum Gasteiger partial charge on any atom is 0.276 e. The first-order valence-corrected chi connectivity index (χ1v) is 8.26. The Balaban J connectivity index is 1.76. The summed E-state index contributed by atoms with van der Waals surface area (Å²) in [6.45, 7) is 0. The predicted molar refractivity (Wildman–Crippen MR) is 73.4 cm³/mol. The van der Waals surface area contributed by atoms with Gasteiger partial charge in [-0.1, -0.05) is 5.16 Å². The Bertz CT molecular complexity index is 747. The van der Waals surface area contributed by atoms with E-state index in [1.165, 1.54) is 17.2 Å². The Kier molecular flexibility index (Phi) is 3.32. The van der Waals surface area contributed by atoms with Crippen molar-refractivity contribution in [3.8, 4) is 11.5 Å². The maximum atomic E-state index is 12.3. The number of sulfone groups is 1. The smallest absolute Gasteiger partial charge is 0.276 e. The summed E-state index contributed by atoms with van der Waals surface area (Å²) in [4.78, 5) is 13.7. The van der Waals surface area contributed by atoms with Gasteiger partial charge in [0, 0.05) is 19.2 Å². The second-order valence-corrected chi connectivity index (χ2v) is 7.26. The van der Waals surface area contributed by atoms with E-state index in [2.05, 4.69) is 5.16 Å². The Hall–Kier alpha value is -2.09. The second kappa shape index (κ2) is 5.03. The number of amides is 1. The van der Waals surface area contributed by atoms with Crippen molar-refractivity contribution in [2.24, 2.45) is 0 Å². The molecule has 1 atom stereocenters. The molecule has 0 aromatic carbocycles. The molecule has 21 heavy (non-hydrogen) atoms. The van der Waals surface area contributed by atoms with Crippen LogP contribution in [0.3, 0.4) is 0 Å². The van der Waals surface area contributed by atoms with Crippen LogP contribution in [0.25, 0.3) is 11.5 Å². The van der Waals surface area contributed by atoms with E-state index >= 15 is 0 Å². The van der Waals surface area contributed by atoms with Gasteiger partial charge in [0.15, 0.2) is 21.3 Å². The van der Waals surface area contributed by atoms with E-state index in [-0.39, 0.29) is 29.1 Å². The normalized spacial score (nSPS) is 20.5. The van der Waals surface area contributed by atoms with Crippen molar-refractivity contribution in [1.82, 2.24) is 10.1 Å². The van der Waals surface area contributed by atoms with Crippen LogP contribution in [-0.4, -0.2) is 49.0 Å². The van der Waals surface area contributed by atoms with Crippen molar-refractivity contribution in [3.05, 3.63) is 30.2 Å². The minimum Gasteiger partial charge on any atom is -0.461 e. The number of aromatic nitrogens is 1. The summed E-state index contributed by atoms with van der Waals surface area (Å²) in [5, 5.41) is 3.73. The van der Waals surface area contributed by atoms with Crippen LogP contribution in [0.15, 0.2) is 33.4 Å². The number of hydrogen-bond acceptors (Lipinski definition) is 6. The molecule has 0 aliphatic carbocycles. The fraction of sp³-hybridized carbons (Fsp3) is 0.385. The molecule has 1 saturated heterocycles. The minimum atomic E-state index is -3.04. The van der Waals surface area contributed by atoms with Crippen LogP contribution < -0.4 is 0 Å². The Morgan fingerprint density at radius 1 is 1.43 bits per heavy atom. The van der Waals surface area contributed by atoms with Crippen molar-refractivity contribution < 1.29 is 22.2 Å². The quantitative estimate of drug-likeness (QED) is 0.845. The zero-order valence-corrected chi connectivity index (χ0v) is 12.2. The average molecular weight is 310 g/mol. The number of carbonyl (C=O) groups is 1. The lowest BCUT2D eigenvalue weighted by molar-refractivity contribution is 0.0737. The van der Waals surface area contributed by atoms with Crippen molar-refractivity contribution in [2.45, 2.75) is 12.5 Å². The van der Waals surface area contributed by atoms with Crippen LogP contribution in [0, 0.1) is 0 Å². The molecule has 3 heterocycles. The fourth-order valence-electron chi connectivity index (χ4n) is 2.34. The number of furan rings is 1. The second-order valence-electron chi connectivity index (χ2n) is 5.03. The summed E-state index contributed by atoms with van der Waals surface area (Å²) in [5.74, 6) is 0.589. The largest absolute Gasteiger partial charge is 0.461 e. The molecule has 2 aromatic heterocycles. The lowest BCUT2D eigenvalue weighted by Crippen LogP contribution is -2.37. The highest BCUT2D eigenvalue weighted by Crippen LogP contribution is 2.23. The van der Waals surface area contributed by atoms with Crippen LogP contribution in [0.2, 0.25) is 0 Å². The molecule has 1 aliphatic heterocycles. The average Bonchev–Trinajstić information content (AvgIpc) is 3.16. The molecular formula is C13H14N2O5S. The Morgan fingerprint density at radius 3 is 2.86 bits per heavy atom. The van der Waals surface area contributed by atoms with Gasteiger partial charge < -0.3 is 13.8 Å². The van der Waals surface area contributed by atoms with E-state index in [1.54, 1.807) is 19.2 Å². The number of carbonyl (C=O) groups excluding carboxylic acids is 1. The van der Waals surface area contributed by atoms with Gasteiger partial charge in [0.1, 0.15) is 0 Å². The molecule has 1 unspecified atom stereocenters. The molecule has 8 heteroatoms. The van der Waals surface area contributed by atoms with Crippen molar-refractivity contribution in [1.29, 1.82) is 0 Å². The molecule has 0 bridgehead atoms. The van der Waals surface area contributed by atoms with E-state index in [4.69, 9.17) is 8.94 Å². The third-order valence-corrected chi connectivity index (χ3v) is 5.32. The Morgan fingerprint density at radius 2 is 2.24 bits per heavy atom. The molecule has 0 saturated carbocycles. The van der Waals surface area contributed by atoms with E-state index < -0.39 is 9.84 Å². The zero-order valence-electron chi connectivity index (χ0n) is 11.4. The standard InChI is InChI=1S/C13H14N2O5S/c1-15(9-4-6-21(17,18)8-9)13(16)10-7-12(20-14-10)11-3-2-5-19-11/h2-3,5,7,9H,4,6,8H2,1H3. The van der Waals surface area contributed by atoms with E-state index in [0.717, 1.165) is 0 Å². The molecule has 1 amide bonds. The van der Waals surface area contributed by atoms with Crippen LogP contribution in [0.1, 0.15) is 16.9 Å². The van der Waals surface area contributed by atoms with Gasteiger partial charge in [0.05, 0.1) is 17.8 Å². The van der Waals surface area contributed by atoms with Gasteiger partial charge in [0.25, 0.3) is 5.91 Å². The van der Waals surface area contributed by atoms with Gasteiger partial charge in [0.2, 0.25) is 5.76 Å². The third kappa shape index (κ3) is 2.71. The molecule has 112 valence electrons. The highest BCUT2D eigenvalue weighted by molar-refractivity contribution is 7.91. The molecule has 1 aliphatic rings. The topological polar surface area (TPSA) is 93.6 Å². The van der Waals surface area contributed by atoms with Gasteiger partial charge in [-0.2, -0.15) is 0 Å². The van der Waals surface area contributed by atoms with E-state index in [0.29, 0.717) is 17.9 Å². The first kappa shape index (κ1) is 13.9. The van der Waals surface area contributed by atoms with Gasteiger partial charge >= 0.3 is 0 Å². The Labute approximate surface area is 121 Å². The van der Waals surface area contributed by atoms with Crippen LogP contribution >= 0.6 is 0 Å². The van der Waals surface area contributed by atoms with E-state index in [1.807, 2.05) is 0 Å². The van der Waals surface area contributed by atoms with Gasteiger partial charge in [-0.3, -0.25) is 4.79 Å². The van der Waals surface area contributed by atoms with E-state index in [9.17, 15) is 13.2 Å². The van der Waals surface area contributed by atoms with Crippen molar-refractivity contribution in [2.75, 3.05) is 18.6 Å². The van der Waals surface area contributed by atoms with Gasteiger partial charge in [-0.05, 0) is 18.6 Å². The van der Waals surface area contributed by atoms with Crippen LogP contribution in [0.4, 0.5) is 0 Å². The first-order valence-electron chi connectivity index (χ1n) is 6.44. The maximum absolute atomic E-state index is 12.3. The molecule has 0 spiro atoms. The molecule has 7 nitrogen and oxygen atoms in total. The monoisotopic (exact) mass is 310 g/mol. The molecule has 1 fully saturated rings.